The Balaban J connectivity index is 1.64. The number of aromatic nitrogens is 1. The van der Waals surface area contributed by atoms with Crippen molar-refractivity contribution < 1.29 is 8.42 Å². The summed E-state index contributed by atoms with van der Waals surface area (Å²) in [6, 6.07) is 25.0. The zero-order chi connectivity index (χ0) is 20.0. The summed E-state index contributed by atoms with van der Waals surface area (Å²) >= 11 is 0. The number of rotatable bonds is 3. The van der Waals surface area contributed by atoms with Crippen molar-refractivity contribution in [2.24, 2.45) is 0 Å². The fraction of sp³-hybridized carbons (Fsp3) is 0.167. The van der Waals surface area contributed by atoms with Crippen LogP contribution in [-0.4, -0.2) is 23.8 Å². The highest BCUT2D eigenvalue weighted by Crippen LogP contribution is 2.37. The molecule has 0 saturated carbocycles. The first-order valence-corrected chi connectivity index (χ1v) is 11.2. The third kappa shape index (κ3) is 3.07. The summed E-state index contributed by atoms with van der Waals surface area (Å²) in [5.41, 5.74) is 3.15. The monoisotopic (exact) mass is 402 g/mol. The number of aryl methyl sites for hydroxylation is 1. The van der Waals surface area contributed by atoms with E-state index in [-0.39, 0.29) is 6.04 Å². The Morgan fingerprint density at radius 3 is 2.38 bits per heavy atom. The van der Waals surface area contributed by atoms with E-state index < -0.39 is 10.0 Å². The zero-order valence-corrected chi connectivity index (χ0v) is 17.0. The van der Waals surface area contributed by atoms with Gasteiger partial charge in [-0.15, -0.1) is 0 Å². The molecular formula is C24H22N2O2S. The van der Waals surface area contributed by atoms with Crippen LogP contribution in [0, 0.1) is 6.92 Å². The summed E-state index contributed by atoms with van der Waals surface area (Å²) in [5, 5.41) is 1.97. The Kier molecular flexibility index (Phi) is 4.30. The molecule has 4 nitrogen and oxygen atoms in total. The van der Waals surface area contributed by atoms with Gasteiger partial charge in [0.1, 0.15) is 0 Å². The number of hydrogen-bond donors (Lipinski definition) is 0. The summed E-state index contributed by atoms with van der Waals surface area (Å²) in [6.07, 6.45) is 2.02. The minimum atomic E-state index is -3.66. The van der Waals surface area contributed by atoms with Crippen molar-refractivity contribution in [3.63, 3.8) is 0 Å². The molecule has 4 aromatic rings. The van der Waals surface area contributed by atoms with Gasteiger partial charge in [-0.2, -0.15) is 4.31 Å². The average Bonchev–Trinajstić information content (AvgIpc) is 3.22. The largest absolute Gasteiger partial charge is 0.348 e. The first-order valence-electron chi connectivity index (χ1n) is 9.76. The van der Waals surface area contributed by atoms with Crippen LogP contribution in [0.25, 0.3) is 10.8 Å². The van der Waals surface area contributed by atoms with E-state index >= 15 is 0 Å². The van der Waals surface area contributed by atoms with Crippen LogP contribution in [0.3, 0.4) is 0 Å². The molecule has 1 aliphatic rings. The summed E-state index contributed by atoms with van der Waals surface area (Å²) in [6.45, 7) is 3.13. The molecule has 1 atom stereocenters. The van der Waals surface area contributed by atoms with Gasteiger partial charge in [-0.05, 0) is 47.5 Å². The van der Waals surface area contributed by atoms with Gasteiger partial charge in [-0.1, -0.05) is 60.2 Å². The number of benzene rings is 3. The van der Waals surface area contributed by atoms with Gasteiger partial charge >= 0.3 is 0 Å². The molecule has 1 unspecified atom stereocenters. The van der Waals surface area contributed by atoms with E-state index in [9.17, 15) is 8.42 Å². The lowest BCUT2D eigenvalue weighted by atomic mass is 10.0. The van der Waals surface area contributed by atoms with Crippen molar-refractivity contribution in [3.05, 3.63) is 102 Å². The van der Waals surface area contributed by atoms with Crippen molar-refractivity contribution in [3.8, 4) is 0 Å². The molecule has 1 aromatic heterocycles. The van der Waals surface area contributed by atoms with Gasteiger partial charge < -0.3 is 4.57 Å². The fourth-order valence-electron chi connectivity index (χ4n) is 4.17. The van der Waals surface area contributed by atoms with Crippen molar-refractivity contribution in [1.29, 1.82) is 0 Å². The molecule has 0 N–H and O–H groups in total. The molecule has 146 valence electrons. The Hall–Kier alpha value is -2.89. The number of fused-ring (bicyclic) bond motifs is 2. The van der Waals surface area contributed by atoms with Crippen molar-refractivity contribution in [2.45, 2.75) is 24.4 Å². The normalized spacial score (nSPS) is 17.3. The maximum atomic E-state index is 13.7. The molecule has 0 saturated heterocycles. The van der Waals surface area contributed by atoms with E-state index in [4.69, 9.17) is 0 Å². The van der Waals surface area contributed by atoms with Crippen LogP contribution >= 0.6 is 0 Å². The van der Waals surface area contributed by atoms with E-state index in [1.165, 1.54) is 0 Å². The molecule has 3 aromatic carbocycles. The van der Waals surface area contributed by atoms with Gasteiger partial charge in [-0.3, -0.25) is 0 Å². The van der Waals surface area contributed by atoms with Crippen molar-refractivity contribution in [1.82, 2.24) is 8.87 Å². The van der Waals surface area contributed by atoms with Crippen LogP contribution < -0.4 is 0 Å². The Morgan fingerprint density at radius 1 is 0.828 bits per heavy atom. The number of hydrogen-bond acceptors (Lipinski definition) is 2. The van der Waals surface area contributed by atoms with Crippen LogP contribution in [0.1, 0.15) is 22.9 Å². The second-order valence-corrected chi connectivity index (χ2v) is 9.45. The van der Waals surface area contributed by atoms with Crippen LogP contribution in [0.2, 0.25) is 0 Å². The second kappa shape index (κ2) is 6.87. The predicted octanol–water partition coefficient (Wildman–Crippen LogP) is 4.74. The quantitative estimate of drug-likeness (QED) is 0.497. The number of sulfonamides is 1. The molecule has 0 amide bonds. The van der Waals surface area contributed by atoms with Gasteiger partial charge in [0.2, 0.25) is 10.0 Å². The highest BCUT2D eigenvalue weighted by molar-refractivity contribution is 7.89. The molecule has 0 spiro atoms. The average molecular weight is 403 g/mol. The predicted molar refractivity (Wildman–Crippen MR) is 115 cm³/mol. The summed E-state index contributed by atoms with van der Waals surface area (Å²) in [4.78, 5) is 0.341. The van der Waals surface area contributed by atoms with Crippen LogP contribution in [0.5, 0.6) is 0 Å². The van der Waals surface area contributed by atoms with Crippen LogP contribution in [0.15, 0.2) is 90.0 Å². The highest BCUT2D eigenvalue weighted by atomic mass is 32.2. The molecule has 0 radical (unpaired) electrons. The number of nitrogens with zero attached hydrogens (tertiary/aromatic N) is 2. The molecule has 0 fully saturated rings. The van der Waals surface area contributed by atoms with E-state index in [0.717, 1.165) is 27.6 Å². The lowest BCUT2D eigenvalue weighted by Gasteiger charge is -2.36. The minimum absolute atomic E-state index is 0.337. The summed E-state index contributed by atoms with van der Waals surface area (Å²) in [7, 11) is -3.66. The lowest BCUT2D eigenvalue weighted by molar-refractivity contribution is 0.298. The maximum absolute atomic E-state index is 13.7. The van der Waals surface area contributed by atoms with Gasteiger partial charge in [0.15, 0.2) is 0 Å². The van der Waals surface area contributed by atoms with Crippen molar-refractivity contribution >= 4 is 20.8 Å². The molecule has 0 aliphatic carbocycles. The molecular weight excluding hydrogens is 380 g/mol. The van der Waals surface area contributed by atoms with E-state index in [1.54, 1.807) is 16.4 Å². The Labute approximate surface area is 171 Å². The van der Waals surface area contributed by atoms with Gasteiger partial charge in [0.25, 0.3) is 0 Å². The zero-order valence-electron chi connectivity index (χ0n) is 16.2. The molecule has 2 heterocycles. The Bertz CT molecular complexity index is 1290. The SMILES string of the molecule is Cc1ccc(C2c3cccn3CCN2S(=O)(=O)c2ccc3ccccc3c2)cc1. The maximum Gasteiger partial charge on any atom is 0.244 e. The van der Waals surface area contributed by atoms with Crippen LogP contribution in [-0.2, 0) is 16.6 Å². The third-order valence-electron chi connectivity index (χ3n) is 5.71. The topological polar surface area (TPSA) is 42.3 Å². The van der Waals surface area contributed by atoms with E-state index in [1.807, 2.05) is 79.9 Å². The molecule has 5 rings (SSSR count). The van der Waals surface area contributed by atoms with Gasteiger partial charge in [0, 0.05) is 25.0 Å². The van der Waals surface area contributed by atoms with E-state index in [2.05, 4.69) is 4.57 Å². The van der Waals surface area contributed by atoms with E-state index in [0.29, 0.717) is 18.0 Å². The Morgan fingerprint density at radius 2 is 1.59 bits per heavy atom. The molecule has 1 aliphatic heterocycles. The molecule has 5 heteroatoms. The smallest absolute Gasteiger partial charge is 0.244 e. The summed E-state index contributed by atoms with van der Waals surface area (Å²) < 4.78 is 31.3. The molecule has 29 heavy (non-hydrogen) atoms. The van der Waals surface area contributed by atoms with Crippen molar-refractivity contribution in [2.75, 3.05) is 6.54 Å². The van der Waals surface area contributed by atoms with Gasteiger partial charge in [-0.25, -0.2) is 8.42 Å². The first-order chi connectivity index (χ1) is 14.0. The van der Waals surface area contributed by atoms with Gasteiger partial charge in [0.05, 0.1) is 10.9 Å². The first kappa shape index (κ1) is 18.2. The third-order valence-corrected chi connectivity index (χ3v) is 7.58. The lowest BCUT2D eigenvalue weighted by Crippen LogP contribution is -2.42. The summed E-state index contributed by atoms with van der Waals surface area (Å²) in [5.74, 6) is 0. The minimum Gasteiger partial charge on any atom is -0.348 e. The second-order valence-electron chi connectivity index (χ2n) is 7.56. The van der Waals surface area contributed by atoms with Crippen LogP contribution in [0.4, 0.5) is 0 Å². The fourth-order valence-corrected chi connectivity index (χ4v) is 5.79. The standard InChI is InChI=1S/C24H22N2O2S/c1-18-8-10-20(11-9-18)24-23-7-4-14-25(23)15-16-26(24)29(27,28)22-13-12-19-5-2-3-6-21(19)17-22/h2-14,17,24H,15-16H2,1H3. The highest BCUT2D eigenvalue weighted by Gasteiger charge is 2.37. The molecule has 0 bridgehead atoms.